The van der Waals surface area contributed by atoms with Gasteiger partial charge in [0.2, 0.25) is 0 Å². The Bertz CT molecular complexity index is 553. The van der Waals surface area contributed by atoms with Crippen LogP contribution in [0.25, 0.3) is 0 Å². The Kier molecular flexibility index (Phi) is 3.84. The molecule has 5 heteroatoms. The van der Waals surface area contributed by atoms with Crippen molar-refractivity contribution < 1.29 is 19.7 Å². The Labute approximate surface area is 117 Å². The van der Waals surface area contributed by atoms with Gasteiger partial charge in [-0.25, -0.2) is 0 Å². The first-order chi connectivity index (χ1) is 9.52. The maximum Gasteiger partial charge on any atom is 0.306 e. The minimum absolute atomic E-state index is 0.0000157. The van der Waals surface area contributed by atoms with Gasteiger partial charge < -0.3 is 14.9 Å². The number of phenolic OH excluding ortho intramolecular Hbond substituents is 1. The summed E-state index contributed by atoms with van der Waals surface area (Å²) in [7, 11) is 1.47. The zero-order valence-corrected chi connectivity index (χ0v) is 11.3. The van der Waals surface area contributed by atoms with Gasteiger partial charge >= 0.3 is 5.97 Å². The van der Waals surface area contributed by atoms with Crippen molar-refractivity contribution in [3.63, 3.8) is 0 Å². The number of ether oxygens (including phenoxy) is 1. The topological polar surface area (TPSA) is 90.5 Å². The Balaban J connectivity index is 2.27. The summed E-state index contributed by atoms with van der Waals surface area (Å²) in [5.74, 6) is -0.807. The number of hydrogen-bond acceptors (Lipinski definition) is 4. The highest BCUT2D eigenvalue weighted by Gasteiger charge is 2.39. The number of nitriles is 1. The summed E-state index contributed by atoms with van der Waals surface area (Å²) in [6.45, 7) is 0. The number of benzene rings is 1. The van der Waals surface area contributed by atoms with E-state index in [1.54, 1.807) is 18.2 Å². The van der Waals surface area contributed by atoms with Gasteiger partial charge in [0, 0.05) is 0 Å². The molecule has 0 amide bonds. The average Bonchev–Trinajstić information content (AvgIpc) is 2.47. The summed E-state index contributed by atoms with van der Waals surface area (Å²) in [5, 5.41) is 28.4. The normalized spacial score (nSPS) is 25.7. The molecule has 1 saturated carbocycles. The van der Waals surface area contributed by atoms with E-state index in [0.29, 0.717) is 31.4 Å². The molecule has 0 aliphatic heterocycles. The smallest absolute Gasteiger partial charge is 0.306 e. The first-order valence-electron chi connectivity index (χ1n) is 6.54. The van der Waals surface area contributed by atoms with Crippen LogP contribution in [0.15, 0.2) is 18.2 Å². The van der Waals surface area contributed by atoms with Gasteiger partial charge in [-0.3, -0.25) is 4.79 Å². The van der Waals surface area contributed by atoms with Crippen LogP contribution in [0.3, 0.4) is 0 Å². The lowest BCUT2D eigenvalue weighted by Crippen LogP contribution is -2.32. The van der Waals surface area contributed by atoms with Crippen LogP contribution in [-0.2, 0) is 10.2 Å². The fraction of sp³-hybridized carbons (Fsp3) is 0.467. The van der Waals surface area contributed by atoms with Gasteiger partial charge in [-0.2, -0.15) is 5.26 Å². The number of methoxy groups -OCH3 is 1. The molecule has 0 aromatic heterocycles. The number of carboxylic acid groups (broad SMARTS) is 1. The molecule has 5 nitrogen and oxygen atoms in total. The van der Waals surface area contributed by atoms with Crippen molar-refractivity contribution in [2.45, 2.75) is 31.1 Å². The highest BCUT2D eigenvalue weighted by atomic mass is 16.5. The number of nitrogens with zero attached hydrogens (tertiary/aromatic N) is 1. The van der Waals surface area contributed by atoms with Crippen molar-refractivity contribution in [3.05, 3.63) is 23.8 Å². The first-order valence-corrected chi connectivity index (χ1v) is 6.54. The SMILES string of the molecule is COc1ccc([C@]2(C#N)CC[C@H](C(=O)O)CC2)cc1O. The standard InChI is InChI=1S/C15H17NO4/c1-20-13-3-2-11(8-12(13)17)15(9-16)6-4-10(5-7-15)14(18)19/h2-3,8,10,17H,4-7H2,1H3,(H,18,19)/t10-,15+. The zero-order chi connectivity index (χ0) is 14.8. The lowest BCUT2D eigenvalue weighted by Gasteiger charge is -2.34. The molecule has 0 unspecified atom stereocenters. The quantitative estimate of drug-likeness (QED) is 0.884. The minimum atomic E-state index is -0.797. The van der Waals surface area contributed by atoms with Gasteiger partial charge in [0.25, 0.3) is 0 Å². The van der Waals surface area contributed by atoms with Crippen LogP contribution in [0.4, 0.5) is 0 Å². The Morgan fingerprint density at radius 1 is 1.45 bits per heavy atom. The summed E-state index contributed by atoms with van der Waals surface area (Å²) >= 11 is 0. The molecule has 1 aromatic carbocycles. The van der Waals surface area contributed by atoms with Gasteiger partial charge in [-0.05, 0) is 43.4 Å². The molecule has 0 spiro atoms. The van der Waals surface area contributed by atoms with Gasteiger partial charge in [0.1, 0.15) is 0 Å². The second kappa shape index (κ2) is 5.41. The Hall–Kier alpha value is -2.22. The number of rotatable bonds is 3. The summed E-state index contributed by atoms with van der Waals surface area (Å²) in [6, 6.07) is 7.26. The van der Waals surface area contributed by atoms with Crippen molar-refractivity contribution >= 4 is 5.97 Å². The van der Waals surface area contributed by atoms with E-state index >= 15 is 0 Å². The molecule has 0 bridgehead atoms. The molecule has 2 N–H and O–H groups in total. The van der Waals surface area contributed by atoms with Gasteiger partial charge in [-0.1, -0.05) is 6.07 Å². The lowest BCUT2D eigenvalue weighted by molar-refractivity contribution is -0.143. The fourth-order valence-electron chi connectivity index (χ4n) is 2.81. The predicted octanol–water partition coefficient (Wildman–Crippen LogP) is 2.44. The van der Waals surface area contributed by atoms with Crippen molar-refractivity contribution in [1.82, 2.24) is 0 Å². The van der Waals surface area contributed by atoms with Crippen LogP contribution < -0.4 is 4.74 Å². The molecular formula is C15H17NO4. The summed E-state index contributed by atoms with van der Waals surface area (Å²) < 4.78 is 4.99. The van der Waals surface area contributed by atoms with Crippen LogP contribution in [0, 0.1) is 17.2 Å². The maximum absolute atomic E-state index is 11.0. The van der Waals surface area contributed by atoms with Crippen molar-refractivity contribution in [1.29, 1.82) is 5.26 Å². The summed E-state index contributed by atoms with van der Waals surface area (Å²) in [4.78, 5) is 11.0. The highest BCUT2D eigenvalue weighted by molar-refractivity contribution is 5.70. The van der Waals surface area contributed by atoms with Crippen LogP contribution in [0.5, 0.6) is 11.5 Å². The zero-order valence-electron chi connectivity index (χ0n) is 11.3. The van der Waals surface area contributed by atoms with Gasteiger partial charge in [-0.15, -0.1) is 0 Å². The van der Waals surface area contributed by atoms with Gasteiger partial charge in [0.05, 0.1) is 24.5 Å². The molecular weight excluding hydrogens is 258 g/mol. The molecule has 106 valence electrons. The Morgan fingerprint density at radius 3 is 2.55 bits per heavy atom. The van der Waals surface area contributed by atoms with E-state index in [1.165, 1.54) is 7.11 Å². The third-order valence-electron chi connectivity index (χ3n) is 4.13. The first kappa shape index (κ1) is 14.2. The van der Waals surface area contributed by atoms with E-state index in [4.69, 9.17) is 9.84 Å². The third kappa shape index (κ3) is 2.42. The van der Waals surface area contributed by atoms with Crippen molar-refractivity contribution in [3.8, 4) is 17.6 Å². The summed E-state index contributed by atoms with van der Waals surface area (Å²) in [5.41, 5.74) is 0.0116. The van der Waals surface area contributed by atoms with E-state index in [-0.39, 0.29) is 11.7 Å². The fourth-order valence-corrected chi connectivity index (χ4v) is 2.81. The number of aromatic hydroxyl groups is 1. The monoisotopic (exact) mass is 275 g/mol. The van der Waals surface area contributed by atoms with Gasteiger partial charge in [0.15, 0.2) is 11.5 Å². The van der Waals surface area contributed by atoms with Crippen molar-refractivity contribution in [2.24, 2.45) is 5.92 Å². The van der Waals surface area contributed by atoms with Crippen LogP contribution in [0.1, 0.15) is 31.2 Å². The number of hydrogen-bond donors (Lipinski definition) is 2. The van der Waals surface area contributed by atoms with Crippen LogP contribution >= 0.6 is 0 Å². The van der Waals surface area contributed by atoms with E-state index in [0.717, 1.165) is 5.56 Å². The number of carbonyl (C=O) groups is 1. The number of aliphatic carboxylic acids is 1. The second-order valence-corrected chi connectivity index (χ2v) is 5.19. The molecule has 20 heavy (non-hydrogen) atoms. The van der Waals surface area contributed by atoms with E-state index in [2.05, 4.69) is 6.07 Å². The summed E-state index contributed by atoms with van der Waals surface area (Å²) in [6.07, 6.45) is 1.95. The second-order valence-electron chi connectivity index (χ2n) is 5.19. The number of carboxylic acids is 1. The highest BCUT2D eigenvalue weighted by Crippen LogP contribution is 2.43. The minimum Gasteiger partial charge on any atom is -0.504 e. The third-order valence-corrected chi connectivity index (χ3v) is 4.13. The van der Waals surface area contributed by atoms with Crippen LogP contribution in [-0.4, -0.2) is 23.3 Å². The van der Waals surface area contributed by atoms with E-state index in [1.807, 2.05) is 0 Å². The average molecular weight is 275 g/mol. The molecule has 1 aliphatic carbocycles. The maximum atomic E-state index is 11.0. The number of phenols is 1. The van der Waals surface area contributed by atoms with E-state index < -0.39 is 11.4 Å². The van der Waals surface area contributed by atoms with Crippen molar-refractivity contribution in [2.75, 3.05) is 7.11 Å². The van der Waals surface area contributed by atoms with E-state index in [9.17, 15) is 15.2 Å². The molecule has 0 saturated heterocycles. The molecule has 0 atom stereocenters. The molecule has 1 aliphatic rings. The lowest BCUT2D eigenvalue weighted by atomic mass is 9.67. The predicted molar refractivity (Wildman–Crippen MR) is 71.5 cm³/mol. The molecule has 0 heterocycles. The molecule has 2 rings (SSSR count). The Morgan fingerprint density at radius 2 is 2.10 bits per heavy atom. The molecule has 1 aromatic rings. The van der Waals surface area contributed by atoms with Crippen LogP contribution in [0.2, 0.25) is 0 Å². The molecule has 1 fully saturated rings. The molecule has 0 radical (unpaired) electrons. The largest absolute Gasteiger partial charge is 0.504 e.